The second-order valence-corrected chi connectivity index (χ2v) is 19.9. The number of ether oxygens (including phenoxy) is 1. The van der Waals surface area contributed by atoms with Gasteiger partial charge in [0.05, 0.1) is 12.1 Å². The third-order valence-corrected chi connectivity index (χ3v) is 14.7. The molecule has 1 heterocycles. The van der Waals surface area contributed by atoms with Gasteiger partial charge in [-0.1, -0.05) is 99.9 Å². The molecule has 0 saturated heterocycles. The molecule has 244 valence electrons. The monoisotopic (exact) mass is 629 g/mol. The van der Waals surface area contributed by atoms with Crippen molar-refractivity contribution in [1.29, 1.82) is 0 Å². The summed E-state index contributed by atoms with van der Waals surface area (Å²) in [7, 11) is -3.12. The first-order valence-corrected chi connectivity index (χ1v) is 19.3. The van der Waals surface area contributed by atoms with Crippen LogP contribution in [0.2, 0.25) is 5.04 Å². The lowest BCUT2D eigenvalue weighted by atomic mass is 9.69. The Bertz CT molecular complexity index is 1360. The van der Waals surface area contributed by atoms with Crippen molar-refractivity contribution < 1.29 is 18.9 Å². The molecule has 3 aromatic rings. The predicted octanol–water partition coefficient (Wildman–Crippen LogP) is 8.61. The third kappa shape index (κ3) is 7.82. The summed E-state index contributed by atoms with van der Waals surface area (Å²) >= 11 is 0. The van der Waals surface area contributed by atoms with Crippen LogP contribution in [-0.2, 0) is 9.53 Å². The van der Waals surface area contributed by atoms with Crippen molar-refractivity contribution in [1.82, 2.24) is 5.16 Å². The van der Waals surface area contributed by atoms with Crippen LogP contribution >= 0.6 is 0 Å². The zero-order valence-electron chi connectivity index (χ0n) is 28.6. The van der Waals surface area contributed by atoms with Gasteiger partial charge in [-0.25, -0.2) is 0 Å². The number of hydrogen-bond donors (Lipinski definition) is 1. The summed E-state index contributed by atoms with van der Waals surface area (Å²) in [4.78, 5) is 25.9. The maximum atomic E-state index is 13.3. The first kappa shape index (κ1) is 33.7. The smallest absolute Gasteiger partial charge is 0.306 e. The molecule has 2 aliphatic rings. The lowest BCUT2D eigenvalue weighted by Crippen LogP contribution is -2.65. The minimum Gasteiger partial charge on any atom is -0.460 e. The summed E-state index contributed by atoms with van der Waals surface area (Å²) in [6.45, 7) is 14.8. The molecule has 5 rings (SSSR count). The van der Waals surface area contributed by atoms with Gasteiger partial charge in [-0.3, -0.25) is 4.79 Å². The van der Waals surface area contributed by atoms with Crippen molar-refractivity contribution in [3.8, 4) is 0 Å². The van der Waals surface area contributed by atoms with Crippen molar-refractivity contribution in [2.24, 2.45) is 11.8 Å². The molecule has 45 heavy (non-hydrogen) atoms. The predicted molar refractivity (Wildman–Crippen MR) is 185 cm³/mol. The van der Waals surface area contributed by atoms with E-state index < -0.39 is 13.9 Å². The van der Waals surface area contributed by atoms with Crippen LogP contribution in [0.1, 0.15) is 141 Å². The molecule has 0 aliphatic heterocycles. The fraction of sp³-hybridized carbons (Fsp3) is 0.590. The Morgan fingerprint density at radius 2 is 1.53 bits per heavy atom. The zero-order valence-corrected chi connectivity index (χ0v) is 29.6. The van der Waals surface area contributed by atoms with Gasteiger partial charge >= 0.3 is 5.97 Å². The number of benzene rings is 2. The maximum Gasteiger partial charge on any atom is 0.306 e. The molecular formula is C39H55NO4Si. The average molecular weight is 630 g/mol. The fourth-order valence-corrected chi connectivity index (χ4v) is 11.5. The molecule has 0 spiro atoms. The Morgan fingerprint density at radius 3 is 2.04 bits per heavy atom. The van der Waals surface area contributed by atoms with Crippen LogP contribution in [0.25, 0.3) is 0 Å². The van der Waals surface area contributed by atoms with Gasteiger partial charge in [0.15, 0.2) is 0 Å². The highest BCUT2D eigenvalue weighted by molar-refractivity contribution is 6.98. The van der Waals surface area contributed by atoms with E-state index in [1.807, 2.05) is 57.2 Å². The molecule has 1 unspecified atom stereocenters. The van der Waals surface area contributed by atoms with Crippen molar-refractivity contribution in [3.05, 3.63) is 77.7 Å². The lowest BCUT2D eigenvalue weighted by molar-refractivity contribution is -0.155. The summed E-state index contributed by atoms with van der Waals surface area (Å²) in [5.41, 5.74) is 1.75. The number of aromatic nitrogens is 1. The van der Waals surface area contributed by atoms with Crippen molar-refractivity contribution >= 4 is 24.7 Å². The van der Waals surface area contributed by atoms with E-state index >= 15 is 0 Å². The molecule has 1 N–H and O–H groups in total. The molecule has 5 nitrogen and oxygen atoms in total. The number of carbonyl (C=O) groups is 1. The number of hydrogen-bond acceptors (Lipinski definition) is 5. The third-order valence-electron chi connectivity index (χ3n) is 10.1. The van der Waals surface area contributed by atoms with Gasteiger partial charge in [-0.05, 0) is 98.9 Å². The van der Waals surface area contributed by atoms with E-state index in [-0.39, 0.29) is 16.9 Å². The average Bonchev–Trinajstić information content (AvgIpc) is 3.71. The van der Waals surface area contributed by atoms with E-state index in [2.05, 4.69) is 52.0 Å². The number of esters is 1. The molecule has 0 radical (unpaired) electrons. The number of nitrogens with zero attached hydrogens (tertiary/aromatic N) is 1. The van der Waals surface area contributed by atoms with E-state index in [0.29, 0.717) is 18.3 Å². The van der Waals surface area contributed by atoms with Crippen molar-refractivity contribution in [3.63, 3.8) is 0 Å². The summed E-state index contributed by atoms with van der Waals surface area (Å²) in [5, 5.41) is 6.46. The van der Waals surface area contributed by atoms with Crippen molar-refractivity contribution in [2.45, 2.75) is 135 Å². The molecule has 2 aliphatic carbocycles. The van der Waals surface area contributed by atoms with Crippen molar-refractivity contribution in [2.75, 3.05) is 0 Å². The van der Waals surface area contributed by atoms with Gasteiger partial charge in [0.1, 0.15) is 11.4 Å². The Kier molecular flexibility index (Phi) is 10.1. The highest BCUT2D eigenvalue weighted by atomic mass is 28.4. The van der Waals surface area contributed by atoms with Crippen LogP contribution in [0.3, 0.4) is 0 Å². The first-order chi connectivity index (χ1) is 21.3. The number of carbonyl (C=O) groups excluding carboxylic acids is 1. The van der Waals surface area contributed by atoms with Gasteiger partial charge in [0.2, 0.25) is 0 Å². The van der Waals surface area contributed by atoms with Crippen LogP contribution in [0.4, 0.5) is 0 Å². The van der Waals surface area contributed by atoms with Gasteiger partial charge in [-0.15, -0.1) is 0 Å². The molecule has 0 bridgehead atoms. The first-order valence-electron chi connectivity index (χ1n) is 17.3. The summed E-state index contributed by atoms with van der Waals surface area (Å²) in [6, 6.07) is 20.4. The Labute approximate surface area is 272 Å². The van der Waals surface area contributed by atoms with Gasteiger partial charge in [-0.2, -0.15) is 0 Å². The molecule has 1 aromatic heterocycles. The Balaban J connectivity index is 1.39. The normalized spacial score (nSPS) is 19.8. The number of rotatable bonds is 14. The molecule has 6 heteroatoms. The van der Waals surface area contributed by atoms with E-state index in [0.717, 1.165) is 52.9 Å². The fourth-order valence-electron chi connectivity index (χ4n) is 7.70. The molecule has 2 fully saturated rings. The second-order valence-electron chi connectivity index (χ2n) is 16.0. The second kappa shape index (κ2) is 13.6. The van der Waals surface area contributed by atoms with Crippen LogP contribution < -0.4 is 10.4 Å². The SMILES string of the molecule is CC(C)CC1CC(c2onc(C(CCCC(C)(C)[Si](O)(c3ccccc3)c3ccccc3)CC(=O)OC(C)(C)C)c2C2CC2)C1. The largest absolute Gasteiger partial charge is 0.460 e. The maximum absolute atomic E-state index is 13.3. The Hall–Kier alpha value is -2.70. The molecule has 0 amide bonds. The molecule has 2 aromatic carbocycles. The van der Waals surface area contributed by atoms with Gasteiger partial charge in [0.25, 0.3) is 8.32 Å². The van der Waals surface area contributed by atoms with E-state index in [1.54, 1.807) is 0 Å². The Morgan fingerprint density at radius 1 is 0.956 bits per heavy atom. The van der Waals surface area contributed by atoms with E-state index in [9.17, 15) is 9.59 Å². The molecular weight excluding hydrogens is 575 g/mol. The van der Waals surface area contributed by atoms with Gasteiger partial charge in [0, 0.05) is 17.4 Å². The minimum atomic E-state index is -3.12. The van der Waals surface area contributed by atoms with Crippen LogP contribution in [-0.4, -0.2) is 29.8 Å². The highest BCUT2D eigenvalue weighted by Gasteiger charge is 2.49. The standard InChI is InChI=1S/C39H55NO4Si/c1-27(2)23-28-24-31(25-28)37-35(29-20-21-29)36(40-44-37)30(26-34(41)43-38(3,4)5)15-14-22-39(6,7)45(42,32-16-10-8-11-17-32)33-18-12-9-13-19-33/h8-13,16-19,27-31,42H,14-15,20-26H2,1-7H3. The summed E-state index contributed by atoms with van der Waals surface area (Å²) < 4.78 is 12.0. The van der Waals surface area contributed by atoms with Crippen LogP contribution in [0.15, 0.2) is 65.2 Å². The minimum absolute atomic E-state index is 0.0708. The van der Waals surface area contributed by atoms with Gasteiger partial charge < -0.3 is 14.1 Å². The molecule has 1 atom stereocenters. The summed E-state index contributed by atoms with van der Waals surface area (Å²) in [5.74, 6) is 3.28. The lowest BCUT2D eigenvalue weighted by Gasteiger charge is -2.41. The molecule has 2 saturated carbocycles. The topological polar surface area (TPSA) is 72.6 Å². The van der Waals surface area contributed by atoms with Crippen LogP contribution in [0.5, 0.6) is 0 Å². The van der Waals surface area contributed by atoms with E-state index in [4.69, 9.17) is 14.4 Å². The highest BCUT2D eigenvalue weighted by Crippen LogP contribution is 2.53. The summed E-state index contributed by atoms with van der Waals surface area (Å²) in [6.07, 6.45) is 8.75. The van der Waals surface area contributed by atoms with E-state index in [1.165, 1.54) is 37.7 Å². The zero-order chi connectivity index (χ0) is 32.4. The quantitative estimate of drug-likeness (QED) is 0.143. The van der Waals surface area contributed by atoms with Crippen LogP contribution in [0, 0.1) is 11.8 Å².